The van der Waals surface area contributed by atoms with Crippen molar-refractivity contribution in [1.82, 2.24) is 4.90 Å². The molecule has 0 radical (unpaired) electrons. The molecule has 4 rings (SSSR count). The minimum Gasteiger partial charge on any atom is -0.497 e. The van der Waals surface area contributed by atoms with E-state index in [4.69, 9.17) is 4.74 Å². The zero-order valence-electron chi connectivity index (χ0n) is 16.9. The number of hydrogen-bond donors (Lipinski definition) is 1. The van der Waals surface area contributed by atoms with E-state index >= 15 is 0 Å². The number of anilines is 1. The molecule has 5 nitrogen and oxygen atoms in total. The summed E-state index contributed by atoms with van der Waals surface area (Å²) in [4.78, 5) is 18.9. The molecule has 2 aromatic rings. The number of nitrogens with zero attached hydrogens (tertiary/aromatic N) is 2. The predicted molar refractivity (Wildman–Crippen MR) is 111 cm³/mol. The van der Waals surface area contributed by atoms with Crippen LogP contribution in [-0.2, 0) is 17.8 Å². The largest absolute Gasteiger partial charge is 0.497 e. The van der Waals surface area contributed by atoms with Crippen LogP contribution in [0.4, 0.5) is 5.69 Å². The van der Waals surface area contributed by atoms with Gasteiger partial charge in [-0.2, -0.15) is 0 Å². The average molecular weight is 381 g/mol. The lowest BCUT2D eigenvalue weighted by atomic mass is 9.99. The van der Waals surface area contributed by atoms with E-state index in [-0.39, 0.29) is 6.04 Å². The van der Waals surface area contributed by atoms with Gasteiger partial charge < -0.3 is 19.4 Å². The highest BCUT2D eigenvalue weighted by atomic mass is 16.5. The molecule has 148 valence electrons. The maximum Gasteiger partial charge on any atom is 0.280 e. The summed E-state index contributed by atoms with van der Waals surface area (Å²) >= 11 is 0. The smallest absolute Gasteiger partial charge is 0.280 e. The number of benzene rings is 2. The minimum atomic E-state index is 0.0118. The second-order valence-corrected chi connectivity index (χ2v) is 7.85. The summed E-state index contributed by atoms with van der Waals surface area (Å²) in [6, 6.07) is 16.7. The van der Waals surface area contributed by atoms with E-state index in [1.165, 1.54) is 21.7 Å². The Bertz CT molecular complexity index is 830. The van der Waals surface area contributed by atoms with Crippen molar-refractivity contribution in [3.8, 4) is 5.75 Å². The Morgan fingerprint density at radius 2 is 1.79 bits per heavy atom. The van der Waals surface area contributed by atoms with Crippen molar-refractivity contribution in [1.29, 1.82) is 0 Å². The number of carbonyl (C=O) groups excluding carboxylic acids is 1. The fraction of sp³-hybridized carbons (Fsp3) is 0.435. The summed E-state index contributed by atoms with van der Waals surface area (Å²) in [6.07, 6.45) is 0.966. The van der Waals surface area contributed by atoms with Crippen molar-refractivity contribution < 1.29 is 14.4 Å². The normalized spacial score (nSPS) is 18.5. The SMILES string of the molecule is COc1cccc(N2CC[NH+]([C@@H](C)C(=O)N3CCc4ccccc4C3)CC2)c1. The Labute approximate surface area is 167 Å². The third-order valence-electron chi connectivity index (χ3n) is 6.25. The van der Waals surface area contributed by atoms with Crippen LogP contribution >= 0.6 is 0 Å². The van der Waals surface area contributed by atoms with Gasteiger partial charge in [0.1, 0.15) is 5.75 Å². The molecular weight excluding hydrogens is 350 g/mol. The van der Waals surface area contributed by atoms with Crippen LogP contribution in [0, 0.1) is 0 Å². The molecule has 1 N–H and O–H groups in total. The summed E-state index contributed by atoms with van der Waals surface area (Å²) < 4.78 is 5.35. The monoisotopic (exact) mass is 380 g/mol. The lowest BCUT2D eigenvalue weighted by Crippen LogP contribution is -3.19. The zero-order valence-corrected chi connectivity index (χ0v) is 16.9. The summed E-state index contributed by atoms with van der Waals surface area (Å²) in [6.45, 7) is 7.57. The van der Waals surface area contributed by atoms with Crippen molar-refractivity contribution >= 4 is 11.6 Å². The Morgan fingerprint density at radius 3 is 2.54 bits per heavy atom. The molecule has 0 spiro atoms. The Morgan fingerprint density at radius 1 is 1.04 bits per heavy atom. The Hall–Kier alpha value is -2.53. The van der Waals surface area contributed by atoms with Crippen LogP contribution in [0.5, 0.6) is 5.75 Å². The molecule has 2 aromatic carbocycles. The first-order valence-corrected chi connectivity index (χ1v) is 10.2. The second kappa shape index (κ2) is 8.23. The molecule has 1 fully saturated rings. The molecule has 1 saturated heterocycles. The molecule has 0 unspecified atom stereocenters. The number of rotatable bonds is 4. The van der Waals surface area contributed by atoms with Gasteiger partial charge in [0.15, 0.2) is 6.04 Å². The van der Waals surface area contributed by atoms with Gasteiger partial charge in [-0.3, -0.25) is 4.79 Å². The van der Waals surface area contributed by atoms with E-state index in [0.717, 1.165) is 51.4 Å². The second-order valence-electron chi connectivity index (χ2n) is 7.85. The number of amides is 1. The number of fused-ring (bicyclic) bond motifs is 1. The van der Waals surface area contributed by atoms with Crippen molar-refractivity contribution in [3.63, 3.8) is 0 Å². The van der Waals surface area contributed by atoms with Gasteiger partial charge in [0.25, 0.3) is 5.91 Å². The van der Waals surface area contributed by atoms with Gasteiger partial charge in [-0.25, -0.2) is 0 Å². The number of methoxy groups -OCH3 is 1. The summed E-state index contributed by atoms with van der Waals surface area (Å²) in [7, 11) is 1.70. The zero-order chi connectivity index (χ0) is 19.5. The highest BCUT2D eigenvalue weighted by Crippen LogP contribution is 2.21. The first-order valence-electron chi connectivity index (χ1n) is 10.2. The summed E-state index contributed by atoms with van der Waals surface area (Å²) in [5, 5.41) is 0. The molecule has 5 heteroatoms. The average Bonchev–Trinajstić information content (AvgIpc) is 2.78. The lowest BCUT2D eigenvalue weighted by Gasteiger charge is -2.38. The summed E-state index contributed by atoms with van der Waals surface area (Å²) in [5.74, 6) is 1.18. The van der Waals surface area contributed by atoms with Crippen molar-refractivity contribution in [3.05, 3.63) is 59.7 Å². The lowest BCUT2D eigenvalue weighted by molar-refractivity contribution is -0.915. The van der Waals surface area contributed by atoms with Crippen molar-refractivity contribution in [2.24, 2.45) is 0 Å². The number of quaternary nitrogens is 1. The van der Waals surface area contributed by atoms with Gasteiger partial charge in [0.2, 0.25) is 0 Å². The van der Waals surface area contributed by atoms with Crippen molar-refractivity contribution in [2.45, 2.75) is 25.9 Å². The van der Waals surface area contributed by atoms with Gasteiger partial charge in [0, 0.05) is 24.8 Å². The molecule has 2 heterocycles. The topological polar surface area (TPSA) is 37.2 Å². The van der Waals surface area contributed by atoms with E-state index < -0.39 is 0 Å². The maximum atomic E-state index is 13.1. The Kier molecular flexibility index (Phi) is 5.53. The van der Waals surface area contributed by atoms with Crippen LogP contribution in [0.25, 0.3) is 0 Å². The van der Waals surface area contributed by atoms with Crippen LogP contribution in [0.15, 0.2) is 48.5 Å². The molecule has 2 aliphatic rings. The van der Waals surface area contributed by atoms with Gasteiger partial charge in [-0.05, 0) is 36.6 Å². The van der Waals surface area contributed by atoms with Crippen LogP contribution < -0.4 is 14.5 Å². The van der Waals surface area contributed by atoms with Crippen LogP contribution in [-0.4, -0.2) is 56.7 Å². The van der Waals surface area contributed by atoms with Gasteiger partial charge >= 0.3 is 0 Å². The fourth-order valence-electron chi connectivity index (χ4n) is 4.42. The number of nitrogens with one attached hydrogen (secondary N) is 1. The first-order chi connectivity index (χ1) is 13.7. The fourth-order valence-corrected chi connectivity index (χ4v) is 4.42. The number of ether oxygens (including phenoxy) is 1. The first kappa shape index (κ1) is 18.8. The van der Waals surface area contributed by atoms with Gasteiger partial charge in [-0.1, -0.05) is 30.3 Å². The molecule has 0 aromatic heterocycles. The number of carbonyl (C=O) groups is 1. The Balaban J connectivity index is 1.35. The molecule has 0 bridgehead atoms. The quantitative estimate of drug-likeness (QED) is 0.871. The number of hydrogen-bond acceptors (Lipinski definition) is 3. The third kappa shape index (κ3) is 3.85. The maximum absolute atomic E-state index is 13.1. The van der Waals surface area contributed by atoms with E-state index in [9.17, 15) is 4.79 Å². The summed E-state index contributed by atoms with van der Waals surface area (Å²) in [5.41, 5.74) is 3.88. The molecule has 0 saturated carbocycles. The highest BCUT2D eigenvalue weighted by Gasteiger charge is 2.33. The van der Waals surface area contributed by atoms with Gasteiger partial charge in [0.05, 0.1) is 33.3 Å². The van der Waals surface area contributed by atoms with Gasteiger partial charge in [-0.15, -0.1) is 0 Å². The molecule has 1 amide bonds. The van der Waals surface area contributed by atoms with Crippen LogP contribution in [0.1, 0.15) is 18.1 Å². The van der Waals surface area contributed by atoms with Crippen LogP contribution in [0.3, 0.4) is 0 Å². The predicted octanol–water partition coefficient (Wildman–Crippen LogP) is 1.37. The minimum absolute atomic E-state index is 0.0118. The molecular formula is C23H30N3O2+. The van der Waals surface area contributed by atoms with Crippen LogP contribution in [0.2, 0.25) is 0 Å². The highest BCUT2D eigenvalue weighted by molar-refractivity contribution is 5.80. The van der Waals surface area contributed by atoms with Crippen molar-refractivity contribution in [2.75, 3.05) is 44.7 Å². The molecule has 1 atom stereocenters. The van der Waals surface area contributed by atoms with E-state index in [1.54, 1.807) is 7.11 Å². The van der Waals surface area contributed by atoms with E-state index in [1.807, 2.05) is 12.1 Å². The van der Waals surface area contributed by atoms with E-state index in [2.05, 4.69) is 53.1 Å². The molecule has 2 aliphatic heterocycles. The third-order valence-corrected chi connectivity index (χ3v) is 6.25. The molecule has 28 heavy (non-hydrogen) atoms. The number of piperazine rings is 1. The molecule has 0 aliphatic carbocycles. The standard InChI is InChI=1S/C23H29N3O2/c1-18(23(27)26-11-10-19-6-3-4-7-20(19)17-26)24-12-14-25(15-13-24)21-8-5-9-22(16-21)28-2/h3-9,16,18H,10-15,17H2,1-2H3/p+1/t18-/m0/s1. The van der Waals surface area contributed by atoms with E-state index in [0.29, 0.717) is 5.91 Å².